The molecular weight excluding hydrogens is 397 g/mol. The highest BCUT2D eigenvalue weighted by Gasteiger charge is 2.13. The van der Waals surface area contributed by atoms with Crippen LogP contribution in [0.1, 0.15) is 5.56 Å². The van der Waals surface area contributed by atoms with Crippen molar-refractivity contribution in [3.63, 3.8) is 0 Å². The molecule has 3 N–H and O–H groups in total. The number of aryl methyl sites for hydroxylation is 1. The van der Waals surface area contributed by atoms with Gasteiger partial charge in [0.15, 0.2) is 6.61 Å². The van der Waals surface area contributed by atoms with Crippen LogP contribution in [-0.2, 0) is 17.2 Å². The number of aliphatic hydroxyl groups is 1. The summed E-state index contributed by atoms with van der Waals surface area (Å²) in [6.45, 7) is 1.49. The highest BCUT2D eigenvalue weighted by molar-refractivity contribution is 7.47. The van der Waals surface area contributed by atoms with Crippen LogP contribution in [0.2, 0.25) is 0 Å². The lowest BCUT2D eigenvalue weighted by Crippen LogP contribution is -2.31. The largest absolute Gasteiger partial charge is 0.481 e. The Labute approximate surface area is 171 Å². The van der Waals surface area contributed by atoms with E-state index in [4.69, 9.17) is 22.3 Å². The average Bonchev–Trinajstić information content (AvgIpc) is 2.72. The predicted octanol–water partition coefficient (Wildman–Crippen LogP) is 2.67. The molecule has 0 fully saturated rings. The maximum Gasteiger partial charge on any atom is 0.258 e. The SMILES string of the molecule is Cc1cc(N=S)cc2ncnc(Nc3ccc(F)cc3OCC(=O)NCCO)c12. The summed E-state index contributed by atoms with van der Waals surface area (Å²) in [7, 11) is 0. The zero-order valence-electron chi connectivity index (χ0n) is 15.5. The topological polar surface area (TPSA) is 109 Å². The number of fused-ring (bicyclic) bond motifs is 1. The van der Waals surface area contributed by atoms with Crippen LogP contribution in [0.3, 0.4) is 0 Å². The van der Waals surface area contributed by atoms with E-state index in [0.29, 0.717) is 22.7 Å². The minimum atomic E-state index is -0.512. The number of hydrogen-bond donors (Lipinski definition) is 3. The summed E-state index contributed by atoms with van der Waals surface area (Å²) in [5.41, 5.74) is 2.56. The van der Waals surface area contributed by atoms with Gasteiger partial charge in [0.2, 0.25) is 0 Å². The summed E-state index contributed by atoms with van der Waals surface area (Å²) < 4.78 is 23.0. The lowest BCUT2D eigenvalue weighted by molar-refractivity contribution is -0.123. The van der Waals surface area contributed by atoms with Crippen LogP contribution in [0, 0.1) is 12.7 Å². The second-order valence-corrected chi connectivity index (χ2v) is 6.28. The average molecular weight is 415 g/mol. The second kappa shape index (κ2) is 9.30. The van der Waals surface area contributed by atoms with Crippen LogP contribution in [0.15, 0.2) is 41.0 Å². The molecule has 1 heterocycles. The molecule has 0 bridgehead atoms. The standard InChI is InChI=1S/C19H18FN5O3S/c1-11-6-13(25-29)8-15-18(11)19(23-10-22-15)24-14-3-2-12(20)7-16(14)28-9-17(27)21-4-5-26/h2-3,6-8,10,26H,4-5,9H2,1H3,(H,21,27)(H,22,23,24). The summed E-state index contributed by atoms with van der Waals surface area (Å²) in [6.07, 6.45) is 1.39. The number of carbonyl (C=O) groups is 1. The molecule has 3 aromatic rings. The Hall–Kier alpha value is -3.24. The van der Waals surface area contributed by atoms with E-state index in [1.165, 1.54) is 24.5 Å². The summed E-state index contributed by atoms with van der Waals surface area (Å²) in [6, 6.07) is 7.50. The van der Waals surface area contributed by atoms with E-state index in [1.807, 2.05) is 13.0 Å². The Morgan fingerprint density at radius 3 is 2.90 bits per heavy atom. The summed E-state index contributed by atoms with van der Waals surface area (Å²) >= 11 is 4.75. The Bertz CT molecular complexity index is 1060. The molecule has 10 heteroatoms. The van der Waals surface area contributed by atoms with Gasteiger partial charge in [-0.25, -0.2) is 14.4 Å². The molecule has 0 saturated carbocycles. The van der Waals surface area contributed by atoms with Crippen molar-refractivity contribution in [3.05, 3.63) is 48.0 Å². The normalized spacial score (nSPS) is 10.6. The number of amides is 1. The smallest absolute Gasteiger partial charge is 0.258 e. The third-order valence-electron chi connectivity index (χ3n) is 4.01. The number of aliphatic hydroxyl groups excluding tert-OH is 1. The van der Waals surface area contributed by atoms with Gasteiger partial charge in [-0.05, 0) is 36.8 Å². The van der Waals surface area contributed by atoms with Gasteiger partial charge >= 0.3 is 0 Å². The molecule has 8 nitrogen and oxygen atoms in total. The highest BCUT2D eigenvalue weighted by atomic mass is 32.1. The van der Waals surface area contributed by atoms with E-state index in [1.54, 1.807) is 6.07 Å². The van der Waals surface area contributed by atoms with E-state index in [9.17, 15) is 9.18 Å². The van der Waals surface area contributed by atoms with Crippen LogP contribution in [-0.4, -0.2) is 40.7 Å². The van der Waals surface area contributed by atoms with Crippen molar-refractivity contribution >= 4 is 46.4 Å². The molecule has 0 aliphatic rings. The Morgan fingerprint density at radius 1 is 1.31 bits per heavy atom. The first-order valence-electron chi connectivity index (χ1n) is 8.67. The molecule has 0 unspecified atom stereocenters. The summed E-state index contributed by atoms with van der Waals surface area (Å²) in [4.78, 5) is 20.2. The van der Waals surface area contributed by atoms with Gasteiger partial charge in [0.05, 0.1) is 23.5 Å². The maximum atomic E-state index is 13.7. The zero-order valence-corrected chi connectivity index (χ0v) is 16.3. The lowest BCUT2D eigenvalue weighted by Gasteiger charge is -2.15. The minimum absolute atomic E-state index is 0.112. The van der Waals surface area contributed by atoms with E-state index in [0.717, 1.165) is 10.9 Å². The molecule has 0 atom stereocenters. The summed E-state index contributed by atoms with van der Waals surface area (Å²) in [5.74, 6) is -0.310. The first kappa shape index (κ1) is 20.5. The van der Waals surface area contributed by atoms with Gasteiger partial charge in [0.25, 0.3) is 5.91 Å². The van der Waals surface area contributed by atoms with Gasteiger partial charge in [-0.15, -0.1) is 0 Å². The second-order valence-electron chi connectivity index (χ2n) is 6.10. The first-order chi connectivity index (χ1) is 14.0. The number of aromatic nitrogens is 2. The number of nitrogens with zero attached hydrogens (tertiary/aromatic N) is 3. The van der Waals surface area contributed by atoms with Crippen LogP contribution >= 0.6 is 0 Å². The maximum absolute atomic E-state index is 13.7. The van der Waals surface area contributed by atoms with Crippen molar-refractivity contribution in [1.29, 1.82) is 0 Å². The number of halogens is 1. The fourth-order valence-electron chi connectivity index (χ4n) is 2.76. The van der Waals surface area contributed by atoms with Gasteiger partial charge in [-0.1, -0.05) is 0 Å². The van der Waals surface area contributed by atoms with E-state index in [2.05, 4.69) is 25.0 Å². The van der Waals surface area contributed by atoms with Crippen LogP contribution < -0.4 is 15.4 Å². The van der Waals surface area contributed by atoms with Gasteiger partial charge in [-0.3, -0.25) is 4.79 Å². The number of hydrogen-bond acceptors (Lipinski definition) is 8. The molecular formula is C19H18FN5O3S. The fourth-order valence-corrected chi connectivity index (χ4v) is 2.86. The fraction of sp³-hybridized carbons (Fsp3) is 0.211. The molecule has 150 valence electrons. The molecule has 0 spiro atoms. The predicted molar refractivity (Wildman–Crippen MR) is 109 cm³/mol. The van der Waals surface area contributed by atoms with Crippen LogP contribution in [0.4, 0.5) is 21.6 Å². The number of benzene rings is 2. The van der Waals surface area contributed by atoms with Crippen molar-refractivity contribution in [2.45, 2.75) is 6.92 Å². The van der Waals surface area contributed by atoms with Crippen LogP contribution in [0.25, 0.3) is 10.9 Å². The van der Waals surface area contributed by atoms with Gasteiger partial charge in [-0.2, -0.15) is 4.36 Å². The number of carbonyl (C=O) groups excluding carboxylic acids is 1. The van der Waals surface area contributed by atoms with E-state index < -0.39 is 11.7 Å². The lowest BCUT2D eigenvalue weighted by atomic mass is 10.1. The molecule has 1 aromatic heterocycles. The third kappa shape index (κ3) is 4.98. The molecule has 2 aromatic carbocycles. The van der Waals surface area contributed by atoms with Gasteiger partial charge in [0, 0.05) is 30.4 Å². The number of ether oxygens (including phenoxy) is 1. The number of nitrogens with one attached hydrogen (secondary N) is 2. The minimum Gasteiger partial charge on any atom is -0.481 e. The summed E-state index contributed by atoms with van der Waals surface area (Å²) in [5, 5.41) is 15.1. The molecule has 0 aliphatic heterocycles. The molecule has 3 rings (SSSR count). The van der Waals surface area contributed by atoms with Gasteiger partial charge in [0.1, 0.15) is 23.7 Å². The zero-order chi connectivity index (χ0) is 20.8. The Balaban J connectivity index is 1.90. The number of anilines is 2. The number of rotatable bonds is 8. The molecule has 0 saturated heterocycles. The van der Waals surface area contributed by atoms with E-state index >= 15 is 0 Å². The first-order valence-corrected chi connectivity index (χ1v) is 9.04. The molecule has 0 radical (unpaired) electrons. The molecule has 0 aliphatic carbocycles. The van der Waals surface area contributed by atoms with Gasteiger partial charge < -0.3 is 20.5 Å². The van der Waals surface area contributed by atoms with Crippen LogP contribution in [0.5, 0.6) is 5.75 Å². The highest BCUT2D eigenvalue weighted by Crippen LogP contribution is 2.33. The quantitative estimate of drug-likeness (QED) is 0.519. The molecule has 1 amide bonds. The van der Waals surface area contributed by atoms with Crippen molar-refractivity contribution in [2.24, 2.45) is 4.36 Å². The Morgan fingerprint density at radius 2 is 2.14 bits per heavy atom. The monoisotopic (exact) mass is 415 g/mol. The van der Waals surface area contributed by atoms with Crippen molar-refractivity contribution in [1.82, 2.24) is 15.3 Å². The van der Waals surface area contributed by atoms with Crippen molar-refractivity contribution < 1.29 is 19.0 Å². The van der Waals surface area contributed by atoms with Crippen molar-refractivity contribution in [2.75, 3.05) is 25.1 Å². The van der Waals surface area contributed by atoms with Crippen molar-refractivity contribution in [3.8, 4) is 5.75 Å². The molecule has 29 heavy (non-hydrogen) atoms. The Kier molecular flexibility index (Phi) is 6.57. The third-order valence-corrected chi connectivity index (χ3v) is 4.23. The van der Waals surface area contributed by atoms with E-state index in [-0.39, 0.29) is 25.5 Å².